The molecule has 0 aliphatic rings. The number of nitrogens with zero attached hydrogens (tertiary/aromatic N) is 1. The van der Waals surface area contributed by atoms with E-state index in [0.29, 0.717) is 0 Å². The lowest BCUT2D eigenvalue weighted by Gasteiger charge is -2.29. The fourth-order valence-electron chi connectivity index (χ4n) is 1.71. The second-order valence-corrected chi connectivity index (χ2v) is 4.48. The molecule has 3 nitrogen and oxygen atoms in total. The zero-order valence-corrected chi connectivity index (χ0v) is 10.9. The summed E-state index contributed by atoms with van der Waals surface area (Å²) < 4.78 is 66.7. The number of rotatable bonds is 5. The molecule has 0 spiro atoms. The molecule has 0 saturated carbocycles. The van der Waals surface area contributed by atoms with Crippen LogP contribution in [0.3, 0.4) is 0 Å². The van der Waals surface area contributed by atoms with E-state index in [-0.39, 0.29) is 18.8 Å². The SMILES string of the molecule is CC(C)N(CCC(=N)N)c1c(F)c(F)c(F)c(F)c1F. The number of nitrogens with two attached hydrogens (primary N) is 1. The molecule has 0 unspecified atom stereocenters. The van der Waals surface area contributed by atoms with Crippen molar-refractivity contribution in [3.8, 4) is 0 Å². The lowest BCUT2D eigenvalue weighted by atomic mass is 10.1. The van der Waals surface area contributed by atoms with Gasteiger partial charge in [0.05, 0.1) is 5.84 Å². The molecule has 0 fully saturated rings. The van der Waals surface area contributed by atoms with E-state index in [9.17, 15) is 22.0 Å². The summed E-state index contributed by atoms with van der Waals surface area (Å²) in [7, 11) is 0. The molecule has 0 radical (unpaired) electrons. The summed E-state index contributed by atoms with van der Waals surface area (Å²) in [6.07, 6.45) is -0.0579. The minimum atomic E-state index is -2.20. The van der Waals surface area contributed by atoms with Crippen molar-refractivity contribution in [3.05, 3.63) is 29.1 Å². The van der Waals surface area contributed by atoms with E-state index in [0.717, 1.165) is 4.90 Å². The van der Waals surface area contributed by atoms with Crippen molar-refractivity contribution >= 4 is 11.5 Å². The van der Waals surface area contributed by atoms with Crippen LogP contribution in [0.2, 0.25) is 0 Å². The van der Waals surface area contributed by atoms with Gasteiger partial charge in [0.25, 0.3) is 0 Å². The van der Waals surface area contributed by atoms with Gasteiger partial charge in [-0.3, -0.25) is 5.41 Å². The zero-order chi connectivity index (χ0) is 15.6. The van der Waals surface area contributed by atoms with Crippen molar-refractivity contribution in [2.24, 2.45) is 5.73 Å². The molecule has 20 heavy (non-hydrogen) atoms. The molecule has 0 aliphatic carbocycles. The standard InChI is InChI=1S/C12H14F5N3/c1-5(2)20(4-3-6(18)19)12-10(16)8(14)7(13)9(15)11(12)17/h5H,3-4H2,1-2H3,(H3,18,19). The first-order valence-electron chi connectivity index (χ1n) is 5.79. The molecule has 3 N–H and O–H groups in total. The largest absolute Gasteiger partial charge is 0.388 e. The number of nitrogens with one attached hydrogen (secondary N) is 1. The summed E-state index contributed by atoms with van der Waals surface area (Å²) in [5.41, 5.74) is 4.14. The maximum atomic E-state index is 13.7. The van der Waals surface area contributed by atoms with Crippen LogP contribution in [-0.2, 0) is 0 Å². The topological polar surface area (TPSA) is 53.1 Å². The van der Waals surface area contributed by atoms with Gasteiger partial charge in [0.1, 0.15) is 5.69 Å². The predicted octanol–water partition coefficient (Wildman–Crippen LogP) is 2.92. The molecule has 0 heterocycles. The van der Waals surface area contributed by atoms with Crippen LogP contribution in [0.5, 0.6) is 0 Å². The van der Waals surface area contributed by atoms with Gasteiger partial charge in [0, 0.05) is 19.0 Å². The van der Waals surface area contributed by atoms with Gasteiger partial charge < -0.3 is 10.6 Å². The maximum Gasteiger partial charge on any atom is 0.200 e. The van der Waals surface area contributed by atoms with E-state index in [4.69, 9.17) is 11.1 Å². The number of anilines is 1. The Morgan fingerprint density at radius 3 is 1.75 bits per heavy atom. The van der Waals surface area contributed by atoms with Crippen molar-refractivity contribution < 1.29 is 22.0 Å². The molecule has 112 valence electrons. The average molecular weight is 295 g/mol. The van der Waals surface area contributed by atoms with E-state index in [1.54, 1.807) is 0 Å². The Kier molecular flexibility index (Phi) is 4.91. The molecule has 8 heteroatoms. The minimum Gasteiger partial charge on any atom is -0.388 e. The van der Waals surface area contributed by atoms with Crippen LogP contribution in [-0.4, -0.2) is 18.4 Å². The Balaban J connectivity index is 3.37. The molecule has 1 aromatic carbocycles. The molecule has 0 amide bonds. The lowest BCUT2D eigenvalue weighted by molar-refractivity contribution is 0.376. The molecule has 0 aromatic heterocycles. The first-order valence-corrected chi connectivity index (χ1v) is 5.79. The van der Waals surface area contributed by atoms with Gasteiger partial charge in [-0.2, -0.15) is 0 Å². The maximum absolute atomic E-state index is 13.7. The van der Waals surface area contributed by atoms with E-state index in [2.05, 4.69) is 0 Å². The van der Waals surface area contributed by atoms with Crippen LogP contribution in [0.15, 0.2) is 0 Å². The van der Waals surface area contributed by atoms with Crippen LogP contribution < -0.4 is 10.6 Å². The van der Waals surface area contributed by atoms with Crippen molar-refractivity contribution in [2.45, 2.75) is 26.3 Å². The van der Waals surface area contributed by atoms with Crippen LogP contribution in [0.25, 0.3) is 0 Å². The zero-order valence-electron chi connectivity index (χ0n) is 10.9. The second kappa shape index (κ2) is 6.06. The molecular formula is C12H14F5N3. The third-order valence-corrected chi connectivity index (χ3v) is 2.72. The first kappa shape index (κ1) is 16.2. The summed E-state index contributed by atoms with van der Waals surface area (Å²) in [6, 6.07) is -0.539. The fourth-order valence-corrected chi connectivity index (χ4v) is 1.71. The van der Waals surface area contributed by atoms with Crippen molar-refractivity contribution in [3.63, 3.8) is 0 Å². The van der Waals surface area contributed by atoms with Crippen molar-refractivity contribution in [1.82, 2.24) is 0 Å². The second-order valence-electron chi connectivity index (χ2n) is 4.48. The molecule has 0 saturated heterocycles. The normalized spacial score (nSPS) is 11.0. The highest BCUT2D eigenvalue weighted by Gasteiger charge is 2.29. The van der Waals surface area contributed by atoms with Gasteiger partial charge >= 0.3 is 0 Å². The van der Waals surface area contributed by atoms with Gasteiger partial charge in [0.2, 0.25) is 5.82 Å². The van der Waals surface area contributed by atoms with Gasteiger partial charge in [-0.15, -0.1) is 0 Å². The average Bonchev–Trinajstić information content (AvgIpc) is 2.37. The molecular weight excluding hydrogens is 281 g/mol. The molecule has 1 rings (SSSR count). The predicted molar refractivity (Wildman–Crippen MR) is 65.2 cm³/mol. The highest BCUT2D eigenvalue weighted by atomic mass is 19.2. The Morgan fingerprint density at radius 1 is 1.00 bits per heavy atom. The van der Waals surface area contributed by atoms with Crippen LogP contribution in [0, 0.1) is 34.5 Å². The summed E-state index contributed by atoms with van der Waals surface area (Å²) >= 11 is 0. The van der Waals surface area contributed by atoms with Gasteiger partial charge in [0.15, 0.2) is 23.3 Å². The quantitative estimate of drug-likeness (QED) is 0.288. The van der Waals surface area contributed by atoms with Crippen LogP contribution in [0.1, 0.15) is 20.3 Å². The smallest absolute Gasteiger partial charge is 0.200 e. The van der Waals surface area contributed by atoms with E-state index in [1.807, 2.05) is 0 Å². The van der Waals surface area contributed by atoms with Gasteiger partial charge in [-0.05, 0) is 13.8 Å². The van der Waals surface area contributed by atoms with Crippen molar-refractivity contribution in [2.75, 3.05) is 11.4 Å². The Bertz CT molecular complexity index is 501. The number of benzene rings is 1. The molecule has 0 aliphatic heterocycles. The highest BCUT2D eigenvalue weighted by Crippen LogP contribution is 2.31. The number of halogens is 5. The Labute approximate surface area is 112 Å². The van der Waals surface area contributed by atoms with Crippen LogP contribution in [0.4, 0.5) is 27.6 Å². The molecule has 0 atom stereocenters. The molecule has 0 bridgehead atoms. The molecule has 1 aromatic rings. The summed E-state index contributed by atoms with van der Waals surface area (Å²) in [4.78, 5) is 0.984. The number of amidine groups is 1. The van der Waals surface area contributed by atoms with E-state index in [1.165, 1.54) is 13.8 Å². The number of hydrogen-bond acceptors (Lipinski definition) is 2. The lowest BCUT2D eigenvalue weighted by Crippen LogP contribution is -2.36. The van der Waals surface area contributed by atoms with Gasteiger partial charge in [-0.1, -0.05) is 0 Å². The fraction of sp³-hybridized carbons (Fsp3) is 0.417. The highest BCUT2D eigenvalue weighted by molar-refractivity contribution is 5.77. The third kappa shape index (κ3) is 3.00. The van der Waals surface area contributed by atoms with Crippen molar-refractivity contribution in [1.29, 1.82) is 5.41 Å². The Morgan fingerprint density at radius 2 is 1.40 bits per heavy atom. The number of hydrogen-bond donors (Lipinski definition) is 2. The Hall–Kier alpha value is -1.86. The van der Waals surface area contributed by atoms with E-state index < -0.39 is 40.8 Å². The minimum absolute atomic E-state index is 0.0579. The summed E-state index contributed by atoms with van der Waals surface area (Å²) in [6.45, 7) is 2.92. The van der Waals surface area contributed by atoms with Gasteiger partial charge in [-0.25, -0.2) is 22.0 Å². The first-order chi connectivity index (χ1) is 9.18. The van der Waals surface area contributed by atoms with Crippen LogP contribution >= 0.6 is 0 Å². The van der Waals surface area contributed by atoms with E-state index >= 15 is 0 Å². The summed E-state index contributed by atoms with van der Waals surface area (Å²) in [5.74, 6) is -10.2. The summed E-state index contributed by atoms with van der Waals surface area (Å²) in [5, 5.41) is 7.07. The third-order valence-electron chi connectivity index (χ3n) is 2.72. The monoisotopic (exact) mass is 295 g/mol.